The van der Waals surface area contributed by atoms with Crippen molar-refractivity contribution in [2.45, 2.75) is 32.1 Å². The van der Waals surface area contributed by atoms with Crippen LogP contribution in [0.15, 0.2) is 48.7 Å². The fraction of sp³-hybridized carbons (Fsp3) is 0.273. The van der Waals surface area contributed by atoms with Crippen LogP contribution in [0, 0.1) is 0 Å². The third-order valence-corrected chi connectivity index (χ3v) is 5.21. The summed E-state index contributed by atoms with van der Waals surface area (Å²) in [5.41, 5.74) is 5.32. The smallest absolute Gasteiger partial charge is 0.225 e. The molecule has 1 atom stereocenters. The Morgan fingerprint density at radius 2 is 2.04 bits per heavy atom. The van der Waals surface area contributed by atoms with Crippen molar-refractivity contribution in [1.82, 2.24) is 4.98 Å². The normalized spacial score (nSPS) is 13.2. The minimum atomic E-state index is 0.0191. The number of carbonyl (C=O) groups is 1. The fourth-order valence-corrected chi connectivity index (χ4v) is 3.77. The Balaban J connectivity index is 1.57. The maximum Gasteiger partial charge on any atom is 0.225 e. The zero-order valence-corrected chi connectivity index (χ0v) is 15.1. The number of benzene rings is 2. The molecule has 4 heteroatoms. The van der Waals surface area contributed by atoms with Crippen LogP contribution in [0.1, 0.15) is 42.4 Å². The van der Waals surface area contributed by atoms with Gasteiger partial charge in [0.25, 0.3) is 0 Å². The number of pyridine rings is 1. The van der Waals surface area contributed by atoms with E-state index < -0.39 is 0 Å². The highest BCUT2D eigenvalue weighted by Gasteiger charge is 2.24. The molecule has 1 N–H and O–H groups in total. The minimum absolute atomic E-state index is 0.0191. The Bertz CT molecular complexity index is 981. The van der Waals surface area contributed by atoms with Gasteiger partial charge >= 0.3 is 0 Å². The maximum atomic E-state index is 12.8. The maximum absolute atomic E-state index is 12.8. The summed E-state index contributed by atoms with van der Waals surface area (Å²) >= 11 is 0. The molecule has 1 heterocycles. The largest absolute Gasteiger partial charge is 0.496 e. The molecular weight excluding hydrogens is 324 g/mol. The molecular formula is C22H22N2O2. The van der Waals surface area contributed by atoms with E-state index in [2.05, 4.69) is 29.4 Å². The molecule has 2 aliphatic carbocycles. The van der Waals surface area contributed by atoms with Gasteiger partial charge in [0.1, 0.15) is 5.75 Å². The predicted octanol–water partition coefficient (Wildman–Crippen LogP) is 4.67. The summed E-state index contributed by atoms with van der Waals surface area (Å²) in [6.45, 7) is 2.10. The number of rotatable bonds is 6. The number of methoxy groups -OCH3 is 1. The first-order chi connectivity index (χ1) is 12.7. The van der Waals surface area contributed by atoms with E-state index in [0.29, 0.717) is 6.42 Å². The molecule has 2 aromatic carbocycles. The highest BCUT2D eigenvalue weighted by Crippen LogP contribution is 2.39. The molecule has 0 saturated heterocycles. The van der Waals surface area contributed by atoms with Gasteiger partial charge in [-0.2, -0.15) is 0 Å². The van der Waals surface area contributed by atoms with Crippen LogP contribution in [0.5, 0.6) is 5.75 Å². The van der Waals surface area contributed by atoms with E-state index in [1.165, 1.54) is 11.1 Å². The second-order valence-corrected chi connectivity index (χ2v) is 6.75. The number of aromatic nitrogens is 1. The van der Waals surface area contributed by atoms with E-state index in [9.17, 15) is 4.79 Å². The van der Waals surface area contributed by atoms with Crippen molar-refractivity contribution in [3.63, 3.8) is 0 Å². The third-order valence-electron chi connectivity index (χ3n) is 5.21. The number of carbonyl (C=O) groups excluding carboxylic acids is 1. The average molecular weight is 346 g/mol. The van der Waals surface area contributed by atoms with E-state index in [1.54, 1.807) is 13.3 Å². The predicted molar refractivity (Wildman–Crippen MR) is 104 cm³/mol. The molecule has 2 bridgehead atoms. The monoisotopic (exact) mass is 346 g/mol. The van der Waals surface area contributed by atoms with Crippen molar-refractivity contribution in [2.24, 2.45) is 0 Å². The first-order valence-corrected chi connectivity index (χ1v) is 9.03. The molecule has 0 aliphatic heterocycles. The Hall–Kier alpha value is -2.88. The molecule has 0 fully saturated rings. The Morgan fingerprint density at radius 1 is 1.23 bits per heavy atom. The highest BCUT2D eigenvalue weighted by atomic mass is 16.5. The summed E-state index contributed by atoms with van der Waals surface area (Å²) in [7, 11) is 1.67. The first-order valence-electron chi connectivity index (χ1n) is 9.03. The summed E-state index contributed by atoms with van der Waals surface area (Å²) in [5, 5.41) is 4.26. The van der Waals surface area contributed by atoms with Gasteiger partial charge in [-0.25, -0.2) is 0 Å². The van der Waals surface area contributed by atoms with E-state index in [1.807, 2.05) is 30.3 Å². The van der Waals surface area contributed by atoms with Gasteiger partial charge in [0.15, 0.2) is 0 Å². The molecule has 1 amide bonds. The van der Waals surface area contributed by atoms with E-state index >= 15 is 0 Å². The SMILES string of the molecule is CCC(CC(=O)Nc1c2cc(c3cccnc13)C2)c1ccccc1OC. The number of nitrogens with zero attached hydrogens (tertiary/aromatic N) is 1. The topological polar surface area (TPSA) is 51.2 Å². The molecule has 5 rings (SSSR count). The van der Waals surface area contributed by atoms with Gasteiger partial charge in [0.05, 0.1) is 18.3 Å². The number of amides is 1. The second kappa shape index (κ2) is 6.79. The van der Waals surface area contributed by atoms with Crippen LogP contribution in [0.2, 0.25) is 0 Å². The average Bonchev–Trinajstić information content (AvgIpc) is 2.65. The molecule has 1 unspecified atom stereocenters. The van der Waals surface area contributed by atoms with Crippen molar-refractivity contribution in [2.75, 3.05) is 12.4 Å². The number of hydrogen-bond donors (Lipinski definition) is 1. The van der Waals surface area contributed by atoms with Gasteiger partial charge in [0.2, 0.25) is 5.91 Å². The Labute approximate surface area is 153 Å². The van der Waals surface area contributed by atoms with Crippen LogP contribution in [0.3, 0.4) is 0 Å². The lowest BCUT2D eigenvalue weighted by molar-refractivity contribution is -0.116. The van der Waals surface area contributed by atoms with Crippen molar-refractivity contribution >= 4 is 22.5 Å². The van der Waals surface area contributed by atoms with Crippen LogP contribution < -0.4 is 10.1 Å². The lowest BCUT2D eigenvalue weighted by Crippen LogP contribution is -2.19. The summed E-state index contributed by atoms with van der Waals surface area (Å²) < 4.78 is 5.47. The molecule has 132 valence electrons. The summed E-state index contributed by atoms with van der Waals surface area (Å²) in [5.74, 6) is 0.979. The molecule has 2 aliphatic rings. The molecule has 0 radical (unpaired) electrons. The quantitative estimate of drug-likeness (QED) is 0.552. The second-order valence-electron chi connectivity index (χ2n) is 6.75. The van der Waals surface area contributed by atoms with E-state index in [4.69, 9.17) is 4.74 Å². The van der Waals surface area contributed by atoms with Gasteiger partial charge in [-0.1, -0.05) is 37.3 Å². The summed E-state index contributed by atoms with van der Waals surface area (Å²) in [6, 6.07) is 14.1. The van der Waals surface area contributed by atoms with Crippen LogP contribution in [0.4, 0.5) is 5.69 Å². The van der Waals surface area contributed by atoms with Crippen molar-refractivity contribution < 1.29 is 9.53 Å². The van der Waals surface area contributed by atoms with Crippen LogP contribution >= 0.6 is 0 Å². The lowest BCUT2D eigenvalue weighted by Gasteiger charge is -2.24. The van der Waals surface area contributed by atoms with Crippen molar-refractivity contribution in [3.8, 4) is 5.75 Å². The van der Waals surface area contributed by atoms with Crippen LogP contribution in [-0.2, 0) is 11.2 Å². The minimum Gasteiger partial charge on any atom is -0.496 e. The Morgan fingerprint density at radius 3 is 2.81 bits per heavy atom. The van der Waals surface area contributed by atoms with Gasteiger partial charge in [-0.05, 0) is 41.2 Å². The number of nitrogens with one attached hydrogen (secondary N) is 1. The standard InChI is InChI=1S/C22H22N2O2/c1-3-14(17-7-4-5-9-19(17)26-2)13-20(25)24-21-16-11-15(12-16)18-8-6-10-23-22(18)21/h4-11,14H,3,12-13H2,1-2H3,(H,24,25). The first kappa shape index (κ1) is 16.6. The van der Waals surface area contributed by atoms with Crippen molar-refractivity contribution in [1.29, 1.82) is 0 Å². The molecule has 0 saturated carbocycles. The number of ether oxygens (including phenoxy) is 1. The number of hydrogen-bond acceptors (Lipinski definition) is 3. The molecule has 1 aromatic heterocycles. The molecule has 4 nitrogen and oxygen atoms in total. The van der Waals surface area contributed by atoms with Gasteiger partial charge in [-0.15, -0.1) is 0 Å². The molecule has 26 heavy (non-hydrogen) atoms. The summed E-state index contributed by atoms with van der Waals surface area (Å²) in [6.07, 6.45) is 3.99. The Kier molecular flexibility index (Phi) is 4.33. The van der Waals surface area contributed by atoms with Gasteiger partial charge in [0, 0.05) is 24.4 Å². The number of para-hydroxylation sites is 1. The van der Waals surface area contributed by atoms with E-state index in [0.717, 1.165) is 40.7 Å². The fourth-order valence-electron chi connectivity index (χ4n) is 3.77. The van der Waals surface area contributed by atoms with Crippen LogP contribution in [0.25, 0.3) is 10.9 Å². The zero-order chi connectivity index (χ0) is 18.1. The van der Waals surface area contributed by atoms with E-state index in [-0.39, 0.29) is 11.8 Å². The highest BCUT2D eigenvalue weighted by molar-refractivity contribution is 6.05. The van der Waals surface area contributed by atoms with Crippen molar-refractivity contribution in [3.05, 3.63) is 65.4 Å². The lowest BCUT2D eigenvalue weighted by atomic mass is 9.86. The molecule has 3 aromatic rings. The van der Waals surface area contributed by atoms with Gasteiger partial charge in [-0.3, -0.25) is 9.78 Å². The summed E-state index contributed by atoms with van der Waals surface area (Å²) in [4.78, 5) is 17.3. The van der Waals surface area contributed by atoms with Crippen LogP contribution in [-0.4, -0.2) is 18.0 Å². The van der Waals surface area contributed by atoms with Gasteiger partial charge < -0.3 is 10.1 Å². The molecule has 0 spiro atoms. The third kappa shape index (κ3) is 2.81. The zero-order valence-electron chi connectivity index (χ0n) is 15.1. The number of anilines is 1.